The van der Waals surface area contributed by atoms with Crippen molar-refractivity contribution in [1.29, 1.82) is 0 Å². The number of carbonyl (C=O) groups excluding carboxylic acids is 1. The molecule has 0 bridgehead atoms. The lowest BCUT2D eigenvalue weighted by molar-refractivity contribution is 0.0950. The van der Waals surface area contributed by atoms with E-state index in [0.717, 1.165) is 5.69 Å². The fraction of sp³-hybridized carbons (Fsp3) is 0.250. The third-order valence-corrected chi connectivity index (χ3v) is 2.73. The van der Waals surface area contributed by atoms with Gasteiger partial charge in [0.05, 0.1) is 11.4 Å². The Morgan fingerprint density at radius 2 is 2.28 bits per heavy atom. The van der Waals surface area contributed by atoms with Crippen LogP contribution in [0.25, 0.3) is 5.69 Å². The first kappa shape index (κ1) is 12.6. The van der Waals surface area contributed by atoms with Gasteiger partial charge in [0.15, 0.2) is 5.69 Å². The molecule has 1 heterocycles. The summed E-state index contributed by atoms with van der Waals surface area (Å²) in [5.74, 6) is -0.219. The van der Waals surface area contributed by atoms with E-state index in [1.54, 1.807) is 23.7 Å². The van der Waals surface area contributed by atoms with Crippen molar-refractivity contribution in [3.8, 4) is 5.69 Å². The van der Waals surface area contributed by atoms with Crippen molar-refractivity contribution in [2.24, 2.45) is 0 Å². The van der Waals surface area contributed by atoms with Gasteiger partial charge in [0, 0.05) is 11.6 Å². The number of nitrogens with zero attached hydrogens (tertiary/aromatic N) is 3. The number of hydrogen-bond donors (Lipinski definition) is 1. The minimum Gasteiger partial charge on any atom is -0.351 e. The third kappa shape index (κ3) is 2.36. The molecular weight excluding hydrogens is 252 g/mol. The van der Waals surface area contributed by atoms with Crippen molar-refractivity contribution < 1.29 is 4.79 Å². The quantitative estimate of drug-likeness (QED) is 0.922. The molecule has 0 saturated carbocycles. The second-order valence-corrected chi connectivity index (χ2v) is 4.21. The Hall–Kier alpha value is -1.88. The molecule has 1 aromatic carbocycles. The first-order chi connectivity index (χ1) is 8.63. The summed E-state index contributed by atoms with van der Waals surface area (Å²) in [4.78, 5) is 11.7. The topological polar surface area (TPSA) is 59.8 Å². The Kier molecular flexibility index (Phi) is 3.62. The highest BCUT2D eigenvalue weighted by Gasteiger charge is 2.16. The highest BCUT2D eigenvalue weighted by molar-refractivity contribution is 6.30. The first-order valence-electron chi connectivity index (χ1n) is 5.60. The highest BCUT2D eigenvalue weighted by Crippen LogP contribution is 2.16. The molecule has 2 aromatic rings. The normalized spacial score (nSPS) is 10.4. The van der Waals surface area contributed by atoms with Crippen LogP contribution in [0.4, 0.5) is 0 Å². The standard InChI is InChI=1S/C12H13ClN4O/c1-3-14-12(18)11-8(2)17(16-15-11)10-6-4-5-9(13)7-10/h4-7H,3H2,1-2H3,(H,14,18). The maximum absolute atomic E-state index is 11.7. The molecule has 0 unspecified atom stereocenters. The van der Waals surface area contributed by atoms with E-state index in [4.69, 9.17) is 11.6 Å². The Morgan fingerprint density at radius 1 is 1.50 bits per heavy atom. The molecule has 2 rings (SSSR count). The predicted octanol–water partition coefficient (Wildman–Crippen LogP) is 1.98. The van der Waals surface area contributed by atoms with Gasteiger partial charge >= 0.3 is 0 Å². The summed E-state index contributed by atoms with van der Waals surface area (Å²) in [5.41, 5.74) is 1.79. The van der Waals surface area contributed by atoms with E-state index < -0.39 is 0 Å². The number of amides is 1. The summed E-state index contributed by atoms with van der Waals surface area (Å²) in [6.07, 6.45) is 0. The van der Waals surface area contributed by atoms with Crippen LogP contribution >= 0.6 is 11.6 Å². The number of rotatable bonds is 3. The Morgan fingerprint density at radius 3 is 2.94 bits per heavy atom. The molecule has 0 spiro atoms. The van der Waals surface area contributed by atoms with Gasteiger partial charge in [-0.25, -0.2) is 4.68 Å². The molecule has 0 atom stereocenters. The SMILES string of the molecule is CCNC(=O)c1nnn(-c2cccc(Cl)c2)c1C. The second-order valence-electron chi connectivity index (χ2n) is 3.77. The largest absolute Gasteiger partial charge is 0.351 e. The molecule has 0 aliphatic carbocycles. The predicted molar refractivity (Wildman–Crippen MR) is 69.1 cm³/mol. The smallest absolute Gasteiger partial charge is 0.273 e. The summed E-state index contributed by atoms with van der Waals surface area (Å²) >= 11 is 5.93. The van der Waals surface area contributed by atoms with Crippen LogP contribution in [0.3, 0.4) is 0 Å². The fourth-order valence-electron chi connectivity index (χ4n) is 1.64. The number of carbonyl (C=O) groups is 1. The molecule has 5 nitrogen and oxygen atoms in total. The molecular formula is C12H13ClN4O. The number of nitrogens with one attached hydrogen (secondary N) is 1. The molecule has 18 heavy (non-hydrogen) atoms. The molecule has 1 N–H and O–H groups in total. The monoisotopic (exact) mass is 264 g/mol. The molecule has 0 radical (unpaired) electrons. The maximum Gasteiger partial charge on any atom is 0.273 e. The van der Waals surface area contributed by atoms with E-state index in [0.29, 0.717) is 23.0 Å². The number of benzene rings is 1. The van der Waals surface area contributed by atoms with E-state index >= 15 is 0 Å². The highest BCUT2D eigenvalue weighted by atomic mass is 35.5. The van der Waals surface area contributed by atoms with Gasteiger partial charge in [-0.3, -0.25) is 4.79 Å². The van der Waals surface area contributed by atoms with Crippen molar-refractivity contribution in [1.82, 2.24) is 20.3 Å². The number of hydrogen-bond acceptors (Lipinski definition) is 3. The minimum atomic E-state index is -0.219. The first-order valence-corrected chi connectivity index (χ1v) is 5.97. The van der Waals surface area contributed by atoms with Gasteiger partial charge in [-0.05, 0) is 32.0 Å². The summed E-state index contributed by atoms with van der Waals surface area (Å²) in [6, 6.07) is 7.23. The Balaban J connectivity index is 2.39. The van der Waals surface area contributed by atoms with Gasteiger partial charge in [0.1, 0.15) is 0 Å². The summed E-state index contributed by atoms with van der Waals surface area (Å²) in [7, 11) is 0. The molecule has 1 aromatic heterocycles. The van der Waals surface area contributed by atoms with Crippen LogP contribution in [0.15, 0.2) is 24.3 Å². The van der Waals surface area contributed by atoms with Gasteiger partial charge < -0.3 is 5.32 Å². The third-order valence-electron chi connectivity index (χ3n) is 2.50. The van der Waals surface area contributed by atoms with Crippen molar-refractivity contribution in [2.45, 2.75) is 13.8 Å². The lowest BCUT2D eigenvalue weighted by Gasteiger charge is -2.04. The van der Waals surface area contributed by atoms with E-state index in [1.807, 2.05) is 19.1 Å². The maximum atomic E-state index is 11.7. The van der Waals surface area contributed by atoms with E-state index in [-0.39, 0.29) is 5.91 Å². The number of aromatic nitrogens is 3. The van der Waals surface area contributed by atoms with Crippen LogP contribution in [-0.4, -0.2) is 27.4 Å². The Labute approximate surface area is 110 Å². The molecule has 0 aliphatic heterocycles. The van der Waals surface area contributed by atoms with Crippen molar-refractivity contribution >= 4 is 17.5 Å². The van der Waals surface area contributed by atoms with E-state index in [2.05, 4.69) is 15.6 Å². The average Bonchev–Trinajstić information content (AvgIpc) is 2.71. The van der Waals surface area contributed by atoms with E-state index in [1.165, 1.54) is 0 Å². The lowest BCUT2D eigenvalue weighted by atomic mass is 10.3. The van der Waals surface area contributed by atoms with Crippen LogP contribution in [0.1, 0.15) is 23.1 Å². The van der Waals surface area contributed by atoms with Crippen LogP contribution < -0.4 is 5.32 Å². The van der Waals surface area contributed by atoms with Crippen molar-refractivity contribution in [3.05, 3.63) is 40.7 Å². The Bertz CT molecular complexity index is 579. The van der Waals surface area contributed by atoms with Gasteiger partial charge in [-0.2, -0.15) is 0 Å². The van der Waals surface area contributed by atoms with Gasteiger partial charge in [-0.1, -0.05) is 22.9 Å². The molecule has 0 fully saturated rings. The van der Waals surface area contributed by atoms with Crippen LogP contribution in [0.5, 0.6) is 0 Å². The number of halogens is 1. The summed E-state index contributed by atoms with van der Waals surface area (Å²) < 4.78 is 1.59. The van der Waals surface area contributed by atoms with Crippen molar-refractivity contribution in [2.75, 3.05) is 6.54 Å². The van der Waals surface area contributed by atoms with Gasteiger partial charge in [-0.15, -0.1) is 5.10 Å². The lowest BCUT2D eigenvalue weighted by Crippen LogP contribution is -2.24. The molecule has 94 valence electrons. The van der Waals surface area contributed by atoms with E-state index in [9.17, 15) is 4.79 Å². The molecule has 0 aliphatic rings. The minimum absolute atomic E-state index is 0.219. The van der Waals surface area contributed by atoms with Gasteiger partial charge in [0.25, 0.3) is 5.91 Å². The zero-order valence-electron chi connectivity index (χ0n) is 10.1. The second kappa shape index (κ2) is 5.18. The fourth-order valence-corrected chi connectivity index (χ4v) is 1.82. The van der Waals surface area contributed by atoms with Crippen molar-refractivity contribution in [3.63, 3.8) is 0 Å². The van der Waals surface area contributed by atoms with Crippen LogP contribution in [0, 0.1) is 6.92 Å². The van der Waals surface area contributed by atoms with Gasteiger partial charge in [0.2, 0.25) is 0 Å². The molecule has 1 amide bonds. The van der Waals surface area contributed by atoms with Crippen LogP contribution in [0.2, 0.25) is 5.02 Å². The zero-order chi connectivity index (χ0) is 13.1. The molecule has 6 heteroatoms. The average molecular weight is 265 g/mol. The summed E-state index contributed by atoms with van der Waals surface area (Å²) in [5, 5.41) is 11.2. The van der Waals surface area contributed by atoms with Crippen LogP contribution in [-0.2, 0) is 0 Å². The summed E-state index contributed by atoms with van der Waals surface area (Å²) in [6.45, 7) is 4.21. The molecule has 0 saturated heterocycles. The zero-order valence-corrected chi connectivity index (χ0v) is 10.9.